The van der Waals surface area contributed by atoms with E-state index in [2.05, 4.69) is 6.08 Å². The van der Waals surface area contributed by atoms with Gasteiger partial charge in [0.2, 0.25) is 0 Å². The molecule has 0 aromatic carbocycles. The summed E-state index contributed by atoms with van der Waals surface area (Å²) in [4.78, 5) is 11.9. The van der Waals surface area contributed by atoms with Crippen molar-refractivity contribution in [2.45, 2.75) is 25.4 Å². The summed E-state index contributed by atoms with van der Waals surface area (Å²) in [6.45, 7) is 1.21. The molecule has 0 radical (unpaired) electrons. The van der Waals surface area contributed by atoms with Gasteiger partial charge >= 0.3 is 5.97 Å². The number of hydrogen-bond acceptors (Lipinski definition) is 4. The smallest absolute Gasteiger partial charge is 0.334 e. The highest BCUT2D eigenvalue weighted by molar-refractivity contribution is 5.90. The molecule has 88 valence electrons. The van der Waals surface area contributed by atoms with Gasteiger partial charge in [0.25, 0.3) is 0 Å². The summed E-state index contributed by atoms with van der Waals surface area (Å²) in [6.07, 6.45) is 5.38. The van der Waals surface area contributed by atoms with Crippen LogP contribution in [-0.2, 0) is 19.0 Å². The van der Waals surface area contributed by atoms with E-state index in [0.29, 0.717) is 31.8 Å². The molecule has 1 saturated carbocycles. The summed E-state index contributed by atoms with van der Waals surface area (Å²) in [5, 5.41) is 0. The molecular weight excluding hydrogens is 208 g/mol. The second-order valence-corrected chi connectivity index (χ2v) is 4.78. The number of fused-ring (bicyclic) bond motifs is 2. The first kappa shape index (κ1) is 10.3. The van der Waals surface area contributed by atoms with E-state index in [1.807, 2.05) is 0 Å². The summed E-state index contributed by atoms with van der Waals surface area (Å²) in [6, 6.07) is 0. The van der Waals surface area contributed by atoms with Crippen molar-refractivity contribution in [2.75, 3.05) is 20.0 Å². The Bertz CT molecular complexity index is 317. The lowest BCUT2D eigenvalue weighted by molar-refractivity contribution is -0.180. The average molecular weight is 224 g/mol. The Morgan fingerprint density at radius 2 is 2.12 bits per heavy atom. The maximum atomic E-state index is 11.9. The summed E-state index contributed by atoms with van der Waals surface area (Å²) >= 11 is 0. The monoisotopic (exact) mass is 224 g/mol. The first-order valence-corrected chi connectivity index (χ1v) is 5.91. The van der Waals surface area contributed by atoms with E-state index in [9.17, 15) is 4.79 Å². The van der Waals surface area contributed by atoms with Crippen molar-refractivity contribution in [3.63, 3.8) is 0 Å². The van der Waals surface area contributed by atoms with Gasteiger partial charge in [-0.2, -0.15) is 0 Å². The van der Waals surface area contributed by atoms with Crippen molar-refractivity contribution in [2.24, 2.45) is 11.8 Å². The van der Waals surface area contributed by atoms with Gasteiger partial charge in [-0.3, -0.25) is 0 Å². The topological polar surface area (TPSA) is 44.8 Å². The molecule has 1 heterocycles. The van der Waals surface area contributed by atoms with Gasteiger partial charge in [0.15, 0.2) is 0 Å². The van der Waals surface area contributed by atoms with Gasteiger partial charge in [0.1, 0.15) is 12.9 Å². The molecule has 2 aliphatic carbocycles. The fourth-order valence-electron chi connectivity index (χ4n) is 2.83. The third kappa shape index (κ3) is 1.87. The van der Waals surface area contributed by atoms with Crippen LogP contribution in [0.3, 0.4) is 0 Å². The number of ether oxygens (including phenoxy) is 3. The van der Waals surface area contributed by atoms with Crippen LogP contribution in [0.25, 0.3) is 0 Å². The predicted octanol–water partition coefficient (Wildman–Crippen LogP) is 1.26. The summed E-state index contributed by atoms with van der Waals surface area (Å²) in [5.41, 5.74) is 0.891. The van der Waals surface area contributed by atoms with Crippen molar-refractivity contribution < 1.29 is 19.0 Å². The van der Waals surface area contributed by atoms with Gasteiger partial charge in [0, 0.05) is 5.57 Å². The minimum absolute atomic E-state index is 0.161. The quantitative estimate of drug-likeness (QED) is 0.662. The van der Waals surface area contributed by atoms with Crippen LogP contribution in [0, 0.1) is 11.8 Å². The molecule has 2 bridgehead atoms. The Hall–Kier alpha value is -0.870. The standard InChI is InChI=1S/C12H16O4/c13-12(16-10-5-14-7-15-6-10)11-4-8-1-2-9(11)3-8/h4,8-10H,1-3,5-7H2. The number of carbonyl (C=O) groups is 1. The van der Waals surface area contributed by atoms with Crippen LogP contribution < -0.4 is 0 Å². The highest BCUT2D eigenvalue weighted by atomic mass is 16.7. The zero-order chi connectivity index (χ0) is 11.0. The van der Waals surface area contributed by atoms with Crippen LogP contribution in [-0.4, -0.2) is 32.1 Å². The number of carbonyl (C=O) groups excluding carboxylic acids is 1. The highest BCUT2D eigenvalue weighted by Gasteiger charge is 2.37. The number of rotatable bonds is 2. The van der Waals surface area contributed by atoms with Crippen molar-refractivity contribution in [1.29, 1.82) is 0 Å². The van der Waals surface area contributed by atoms with E-state index in [4.69, 9.17) is 14.2 Å². The second-order valence-electron chi connectivity index (χ2n) is 4.78. The van der Waals surface area contributed by atoms with E-state index in [0.717, 1.165) is 18.4 Å². The lowest BCUT2D eigenvalue weighted by atomic mass is 9.99. The Kier molecular flexibility index (Phi) is 2.69. The summed E-state index contributed by atoms with van der Waals surface area (Å²) in [5.74, 6) is 0.903. The van der Waals surface area contributed by atoms with Gasteiger partial charge < -0.3 is 14.2 Å². The highest BCUT2D eigenvalue weighted by Crippen LogP contribution is 2.44. The third-order valence-corrected chi connectivity index (χ3v) is 3.61. The van der Waals surface area contributed by atoms with Gasteiger partial charge in [-0.1, -0.05) is 6.08 Å². The third-order valence-electron chi connectivity index (χ3n) is 3.61. The van der Waals surface area contributed by atoms with Crippen LogP contribution in [0.5, 0.6) is 0 Å². The first-order valence-electron chi connectivity index (χ1n) is 5.91. The summed E-state index contributed by atoms with van der Waals surface area (Å²) < 4.78 is 15.5. The maximum absolute atomic E-state index is 11.9. The zero-order valence-corrected chi connectivity index (χ0v) is 9.19. The Morgan fingerprint density at radius 1 is 1.31 bits per heavy atom. The van der Waals surface area contributed by atoms with Gasteiger partial charge in [-0.25, -0.2) is 4.79 Å². The average Bonchev–Trinajstić information content (AvgIpc) is 2.92. The fourth-order valence-corrected chi connectivity index (χ4v) is 2.83. The van der Waals surface area contributed by atoms with E-state index >= 15 is 0 Å². The molecule has 0 aromatic rings. The van der Waals surface area contributed by atoms with Crippen LogP contribution in [0.1, 0.15) is 19.3 Å². The second kappa shape index (κ2) is 4.18. The Labute approximate surface area is 94.5 Å². The largest absolute Gasteiger partial charge is 0.454 e. The lowest BCUT2D eigenvalue weighted by Crippen LogP contribution is -2.34. The van der Waals surface area contributed by atoms with Crippen LogP contribution in [0.2, 0.25) is 0 Å². The normalized spacial score (nSPS) is 33.9. The molecule has 2 unspecified atom stereocenters. The number of hydrogen-bond donors (Lipinski definition) is 0. The zero-order valence-electron chi connectivity index (χ0n) is 9.19. The molecule has 1 aliphatic heterocycles. The number of esters is 1. The molecule has 3 rings (SSSR count). The van der Waals surface area contributed by atoms with Crippen LogP contribution in [0.4, 0.5) is 0 Å². The van der Waals surface area contributed by atoms with Gasteiger partial charge in [0.05, 0.1) is 13.2 Å². The SMILES string of the molecule is O=C(OC1COCOC1)C1=CC2CCC1C2. The van der Waals surface area contributed by atoms with Crippen molar-refractivity contribution in [3.05, 3.63) is 11.6 Å². The predicted molar refractivity (Wildman–Crippen MR) is 55.6 cm³/mol. The molecule has 0 aromatic heterocycles. The molecule has 2 atom stereocenters. The molecule has 0 N–H and O–H groups in total. The molecule has 16 heavy (non-hydrogen) atoms. The van der Waals surface area contributed by atoms with Gasteiger partial charge in [-0.05, 0) is 31.1 Å². The molecule has 1 saturated heterocycles. The minimum atomic E-state index is -0.235. The van der Waals surface area contributed by atoms with Gasteiger partial charge in [-0.15, -0.1) is 0 Å². The van der Waals surface area contributed by atoms with Crippen LogP contribution >= 0.6 is 0 Å². The minimum Gasteiger partial charge on any atom is -0.454 e. The molecule has 0 amide bonds. The van der Waals surface area contributed by atoms with Crippen molar-refractivity contribution in [1.82, 2.24) is 0 Å². The molecule has 4 heteroatoms. The Morgan fingerprint density at radius 3 is 2.75 bits per heavy atom. The number of allylic oxidation sites excluding steroid dienone is 1. The van der Waals surface area contributed by atoms with E-state index in [1.165, 1.54) is 6.42 Å². The van der Waals surface area contributed by atoms with E-state index in [1.54, 1.807) is 0 Å². The molecule has 0 spiro atoms. The van der Waals surface area contributed by atoms with E-state index < -0.39 is 0 Å². The molecule has 2 fully saturated rings. The van der Waals surface area contributed by atoms with Crippen molar-refractivity contribution >= 4 is 5.97 Å². The maximum Gasteiger partial charge on any atom is 0.334 e. The molecule has 3 aliphatic rings. The van der Waals surface area contributed by atoms with Crippen molar-refractivity contribution in [3.8, 4) is 0 Å². The Balaban J connectivity index is 1.59. The van der Waals surface area contributed by atoms with Crippen LogP contribution in [0.15, 0.2) is 11.6 Å². The first-order chi connectivity index (χ1) is 7.83. The molecule has 4 nitrogen and oxygen atoms in total. The lowest BCUT2D eigenvalue weighted by Gasteiger charge is -2.23. The van der Waals surface area contributed by atoms with E-state index in [-0.39, 0.29) is 12.1 Å². The fraction of sp³-hybridized carbons (Fsp3) is 0.750. The molecular formula is C12H16O4. The summed E-state index contributed by atoms with van der Waals surface area (Å²) in [7, 11) is 0.